The van der Waals surface area contributed by atoms with Crippen LogP contribution in [0.25, 0.3) is 0 Å². The molecule has 0 saturated carbocycles. The summed E-state index contributed by atoms with van der Waals surface area (Å²) in [5, 5.41) is 7.18. The fourth-order valence-corrected chi connectivity index (χ4v) is 2.38. The standard InChI is InChI=1S/C17H21F2N3O2/c1-9(2)22-11(4)16(10(3)21-22)20-17(23)12(5)24-13-6-7-14(18)15(19)8-13/h6-9,12H,1-5H3,(H,20,23)/t12-/m1/s1. The summed E-state index contributed by atoms with van der Waals surface area (Å²) in [7, 11) is 0. The van der Waals surface area contributed by atoms with Crippen LogP contribution in [0.2, 0.25) is 0 Å². The number of anilines is 1. The van der Waals surface area contributed by atoms with Gasteiger partial charge in [-0.05, 0) is 46.8 Å². The number of benzene rings is 1. The van der Waals surface area contributed by atoms with Crippen molar-refractivity contribution >= 4 is 11.6 Å². The van der Waals surface area contributed by atoms with Crippen molar-refractivity contribution in [2.24, 2.45) is 0 Å². The highest BCUT2D eigenvalue weighted by Gasteiger charge is 2.20. The number of nitrogens with zero attached hydrogens (tertiary/aromatic N) is 2. The second-order valence-corrected chi connectivity index (χ2v) is 5.91. The third-order valence-corrected chi connectivity index (χ3v) is 3.64. The number of rotatable bonds is 5. The van der Waals surface area contributed by atoms with Crippen molar-refractivity contribution in [3.05, 3.63) is 41.2 Å². The first-order valence-corrected chi connectivity index (χ1v) is 7.69. The fraction of sp³-hybridized carbons (Fsp3) is 0.412. The second kappa shape index (κ2) is 6.98. The van der Waals surface area contributed by atoms with E-state index >= 15 is 0 Å². The van der Waals surface area contributed by atoms with Crippen LogP contribution in [-0.2, 0) is 4.79 Å². The van der Waals surface area contributed by atoms with Gasteiger partial charge in [-0.2, -0.15) is 5.10 Å². The molecule has 0 aliphatic heterocycles. The Balaban J connectivity index is 2.10. The lowest BCUT2D eigenvalue weighted by Crippen LogP contribution is -2.30. The van der Waals surface area contributed by atoms with Gasteiger partial charge in [0, 0.05) is 12.1 Å². The summed E-state index contributed by atoms with van der Waals surface area (Å²) >= 11 is 0. The Hall–Kier alpha value is -2.44. The van der Waals surface area contributed by atoms with Crippen LogP contribution in [0.3, 0.4) is 0 Å². The first-order chi connectivity index (χ1) is 11.2. The van der Waals surface area contributed by atoms with Crippen LogP contribution in [-0.4, -0.2) is 21.8 Å². The Bertz CT molecular complexity index is 757. The molecule has 24 heavy (non-hydrogen) atoms. The van der Waals surface area contributed by atoms with E-state index in [1.807, 2.05) is 32.4 Å². The molecule has 0 aliphatic rings. The number of carbonyl (C=O) groups is 1. The van der Waals surface area contributed by atoms with Gasteiger partial charge in [0.15, 0.2) is 17.7 Å². The molecule has 1 aromatic carbocycles. The van der Waals surface area contributed by atoms with Gasteiger partial charge in [-0.15, -0.1) is 0 Å². The molecular formula is C17H21F2N3O2. The Morgan fingerprint density at radius 1 is 1.21 bits per heavy atom. The van der Waals surface area contributed by atoms with E-state index in [1.54, 1.807) is 0 Å². The van der Waals surface area contributed by atoms with E-state index in [1.165, 1.54) is 13.0 Å². The zero-order chi connectivity index (χ0) is 18.0. The molecule has 1 heterocycles. The Morgan fingerprint density at radius 3 is 2.42 bits per heavy atom. The Morgan fingerprint density at radius 2 is 1.88 bits per heavy atom. The summed E-state index contributed by atoms with van der Waals surface area (Å²) < 4.78 is 33.3. The molecule has 0 spiro atoms. The summed E-state index contributed by atoms with van der Waals surface area (Å²) in [5.74, 6) is -2.30. The van der Waals surface area contributed by atoms with Crippen molar-refractivity contribution in [2.75, 3.05) is 5.32 Å². The zero-order valence-corrected chi connectivity index (χ0v) is 14.4. The molecule has 1 atom stereocenters. The van der Waals surface area contributed by atoms with Gasteiger partial charge in [0.2, 0.25) is 0 Å². The van der Waals surface area contributed by atoms with E-state index in [0.29, 0.717) is 11.4 Å². The maximum atomic E-state index is 13.2. The zero-order valence-electron chi connectivity index (χ0n) is 14.4. The molecule has 0 aliphatic carbocycles. The van der Waals surface area contributed by atoms with Crippen molar-refractivity contribution in [3.8, 4) is 5.75 Å². The summed E-state index contributed by atoms with van der Waals surface area (Å²) in [5.41, 5.74) is 2.18. The molecule has 2 rings (SSSR count). The minimum absolute atomic E-state index is 0.0860. The van der Waals surface area contributed by atoms with Crippen LogP contribution in [0.5, 0.6) is 5.75 Å². The van der Waals surface area contributed by atoms with Gasteiger partial charge in [0.25, 0.3) is 5.91 Å². The molecule has 1 aromatic heterocycles. The number of hydrogen-bond donors (Lipinski definition) is 1. The van der Waals surface area contributed by atoms with E-state index in [9.17, 15) is 13.6 Å². The van der Waals surface area contributed by atoms with E-state index in [2.05, 4.69) is 10.4 Å². The summed E-state index contributed by atoms with van der Waals surface area (Å²) in [6, 6.07) is 3.31. The first kappa shape index (κ1) is 17.9. The number of aromatic nitrogens is 2. The molecule has 0 fully saturated rings. The lowest BCUT2D eigenvalue weighted by Gasteiger charge is -2.15. The number of halogens is 2. The summed E-state index contributed by atoms with van der Waals surface area (Å²) in [6.45, 7) is 9.21. The summed E-state index contributed by atoms with van der Waals surface area (Å²) in [4.78, 5) is 12.3. The van der Waals surface area contributed by atoms with Gasteiger partial charge in [-0.3, -0.25) is 9.48 Å². The molecule has 7 heteroatoms. The van der Waals surface area contributed by atoms with Gasteiger partial charge in [0.05, 0.1) is 17.1 Å². The topological polar surface area (TPSA) is 56.2 Å². The third-order valence-electron chi connectivity index (χ3n) is 3.64. The van der Waals surface area contributed by atoms with Crippen LogP contribution in [0.1, 0.15) is 38.2 Å². The molecule has 0 unspecified atom stereocenters. The van der Waals surface area contributed by atoms with Gasteiger partial charge in [-0.1, -0.05) is 0 Å². The molecule has 0 radical (unpaired) electrons. The SMILES string of the molecule is Cc1nn(C(C)C)c(C)c1NC(=O)[C@@H](C)Oc1ccc(F)c(F)c1. The van der Waals surface area contributed by atoms with Crippen LogP contribution >= 0.6 is 0 Å². The quantitative estimate of drug-likeness (QED) is 0.904. The normalized spacial score (nSPS) is 12.3. The number of amides is 1. The van der Waals surface area contributed by atoms with Gasteiger partial charge >= 0.3 is 0 Å². The second-order valence-electron chi connectivity index (χ2n) is 5.91. The smallest absolute Gasteiger partial charge is 0.265 e. The van der Waals surface area contributed by atoms with Crippen LogP contribution < -0.4 is 10.1 Å². The van der Waals surface area contributed by atoms with Crippen molar-refractivity contribution < 1.29 is 18.3 Å². The van der Waals surface area contributed by atoms with Crippen molar-refractivity contribution in [2.45, 2.75) is 46.8 Å². The molecule has 130 valence electrons. The maximum absolute atomic E-state index is 13.2. The van der Waals surface area contributed by atoms with Crippen molar-refractivity contribution in [3.63, 3.8) is 0 Å². The number of hydrogen-bond acceptors (Lipinski definition) is 3. The van der Waals surface area contributed by atoms with Crippen molar-refractivity contribution in [1.29, 1.82) is 0 Å². The minimum atomic E-state index is -1.02. The summed E-state index contributed by atoms with van der Waals surface area (Å²) in [6.07, 6.45) is -0.879. The highest BCUT2D eigenvalue weighted by atomic mass is 19.2. The van der Waals surface area contributed by atoms with E-state index in [-0.39, 0.29) is 11.8 Å². The van der Waals surface area contributed by atoms with Crippen molar-refractivity contribution in [1.82, 2.24) is 9.78 Å². The van der Waals surface area contributed by atoms with E-state index in [4.69, 9.17) is 4.74 Å². The number of carbonyl (C=O) groups excluding carboxylic acids is 1. The lowest BCUT2D eigenvalue weighted by molar-refractivity contribution is -0.122. The highest BCUT2D eigenvalue weighted by molar-refractivity contribution is 5.95. The van der Waals surface area contributed by atoms with Crippen LogP contribution in [0, 0.1) is 25.5 Å². The molecule has 2 aromatic rings. The third kappa shape index (κ3) is 3.72. The Labute approximate surface area is 139 Å². The lowest BCUT2D eigenvalue weighted by atomic mass is 10.2. The first-order valence-electron chi connectivity index (χ1n) is 7.69. The minimum Gasteiger partial charge on any atom is -0.481 e. The predicted octanol–water partition coefficient (Wildman–Crippen LogP) is 3.77. The molecule has 0 saturated heterocycles. The number of nitrogens with one attached hydrogen (secondary N) is 1. The van der Waals surface area contributed by atoms with E-state index in [0.717, 1.165) is 17.8 Å². The van der Waals surface area contributed by atoms with Crippen LogP contribution in [0.4, 0.5) is 14.5 Å². The molecule has 5 nitrogen and oxygen atoms in total. The monoisotopic (exact) mass is 337 g/mol. The molecule has 1 amide bonds. The fourth-order valence-electron chi connectivity index (χ4n) is 2.38. The van der Waals surface area contributed by atoms with Gasteiger partial charge < -0.3 is 10.1 Å². The number of ether oxygens (including phenoxy) is 1. The average Bonchev–Trinajstić information content (AvgIpc) is 2.79. The highest BCUT2D eigenvalue weighted by Crippen LogP contribution is 2.23. The molecular weight excluding hydrogens is 316 g/mol. The average molecular weight is 337 g/mol. The molecule has 0 bridgehead atoms. The molecule has 1 N–H and O–H groups in total. The van der Waals surface area contributed by atoms with Gasteiger partial charge in [0.1, 0.15) is 5.75 Å². The number of aryl methyl sites for hydroxylation is 1. The van der Waals surface area contributed by atoms with Crippen LogP contribution in [0.15, 0.2) is 18.2 Å². The van der Waals surface area contributed by atoms with E-state index < -0.39 is 23.6 Å². The largest absolute Gasteiger partial charge is 0.481 e. The maximum Gasteiger partial charge on any atom is 0.265 e. The van der Waals surface area contributed by atoms with Gasteiger partial charge in [-0.25, -0.2) is 8.78 Å². The Kier molecular flexibility index (Phi) is 5.21. The predicted molar refractivity (Wildman–Crippen MR) is 87.2 cm³/mol.